The third kappa shape index (κ3) is 1.62. The zero-order chi connectivity index (χ0) is 13.0. The Morgan fingerprint density at radius 2 is 2.11 bits per heavy atom. The highest BCUT2D eigenvalue weighted by Gasteiger charge is 2.52. The fraction of sp³-hybridized carbons (Fsp3) is 0.364. The van der Waals surface area contributed by atoms with Gasteiger partial charge >= 0.3 is 5.97 Å². The summed E-state index contributed by atoms with van der Waals surface area (Å²) in [7, 11) is -3.48. The SMILES string of the molecule is O=C(O)C1(c2ccc3c(c2)NS(=O)(=O)CO3)CC1. The van der Waals surface area contributed by atoms with Crippen molar-refractivity contribution < 1.29 is 23.1 Å². The highest BCUT2D eigenvalue weighted by molar-refractivity contribution is 7.92. The molecule has 0 saturated heterocycles. The van der Waals surface area contributed by atoms with Crippen LogP contribution in [-0.2, 0) is 20.2 Å². The number of hydrogen-bond donors (Lipinski definition) is 2. The van der Waals surface area contributed by atoms with E-state index in [2.05, 4.69) is 4.72 Å². The monoisotopic (exact) mass is 269 g/mol. The van der Waals surface area contributed by atoms with Crippen molar-refractivity contribution >= 4 is 21.7 Å². The number of rotatable bonds is 2. The minimum absolute atomic E-state index is 0.311. The van der Waals surface area contributed by atoms with E-state index in [1.54, 1.807) is 18.2 Å². The number of sulfonamides is 1. The summed E-state index contributed by atoms with van der Waals surface area (Å²) in [6.45, 7) is 0. The number of hydrogen-bond acceptors (Lipinski definition) is 4. The van der Waals surface area contributed by atoms with Gasteiger partial charge in [0.05, 0.1) is 11.1 Å². The minimum Gasteiger partial charge on any atom is -0.481 e. The van der Waals surface area contributed by atoms with Crippen molar-refractivity contribution in [1.82, 2.24) is 0 Å². The first kappa shape index (κ1) is 11.3. The Labute approximate surface area is 104 Å². The maximum atomic E-state index is 11.4. The molecule has 0 spiro atoms. The zero-order valence-corrected chi connectivity index (χ0v) is 10.2. The van der Waals surface area contributed by atoms with E-state index < -0.39 is 27.3 Å². The first-order chi connectivity index (χ1) is 8.43. The van der Waals surface area contributed by atoms with Crippen LogP contribution in [0, 0.1) is 0 Å². The van der Waals surface area contributed by atoms with E-state index in [0.717, 1.165) is 0 Å². The predicted molar refractivity (Wildman–Crippen MR) is 63.0 cm³/mol. The quantitative estimate of drug-likeness (QED) is 0.832. The summed E-state index contributed by atoms with van der Waals surface area (Å²) in [5, 5.41) is 9.19. The molecule has 1 fully saturated rings. The van der Waals surface area contributed by atoms with Crippen LogP contribution in [0.4, 0.5) is 5.69 Å². The third-order valence-corrected chi connectivity index (χ3v) is 4.29. The highest BCUT2D eigenvalue weighted by atomic mass is 32.2. The van der Waals surface area contributed by atoms with E-state index in [1.165, 1.54) is 0 Å². The van der Waals surface area contributed by atoms with Crippen molar-refractivity contribution in [3.8, 4) is 5.75 Å². The molecule has 7 heteroatoms. The highest BCUT2D eigenvalue weighted by Crippen LogP contribution is 2.50. The largest absolute Gasteiger partial charge is 0.481 e. The lowest BCUT2D eigenvalue weighted by Crippen LogP contribution is -2.26. The molecular formula is C11H11NO5S. The molecule has 1 heterocycles. The van der Waals surface area contributed by atoms with Gasteiger partial charge in [0.1, 0.15) is 5.75 Å². The van der Waals surface area contributed by atoms with Gasteiger partial charge in [-0.3, -0.25) is 9.52 Å². The Morgan fingerprint density at radius 1 is 1.39 bits per heavy atom. The molecule has 1 aromatic rings. The van der Waals surface area contributed by atoms with Gasteiger partial charge in [0.2, 0.25) is 5.94 Å². The predicted octanol–water partition coefficient (Wildman–Crippen LogP) is 0.894. The van der Waals surface area contributed by atoms with Crippen LogP contribution < -0.4 is 9.46 Å². The van der Waals surface area contributed by atoms with Crippen LogP contribution >= 0.6 is 0 Å². The maximum Gasteiger partial charge on any atom is 0.314 e. The molecule has 1 aromatic carbocycles. The standard InChI is InChI=1S/C11H11NO5S/c13-10(14)11(3-4-11)7-1-2-9-8(5-7)12-18(15,16)6-17-9/h1-2,5,12H,3-4,6H2,(H,13,14). The summed E-state index contributed by atoms with van der Waals surface area (Å²) in [5.41, 5.74) is 0.0750. The van der Waals surface area contributed by atoms with Gasteiger partial charge in [-0.15, -0.1) is 0 Å². The van der Waals surface area contributed by atoms with Crippen LogP contribution in [0.5, 0.6) is 5.75 Å². The fourth-order valence-electron chi connectivity index (χ4n) is 2.12. The van der Waals surface area contributed by atoms with Crippen LogP contribution in [-0.4, -0.2) is 25.4 Å². The molecule has 3 rings (SSSR count). The van der Waals surface area contributed by atoms with Gasteiger partial charge in [-0.25, -0.2) is 8.42 Å². The molecule has 0 bridgehead atoms. The smallest absolute Gasteiger partial charge is 0.314 e. The normalized spacial score (nSPS) is 22.2. The Kier molecular flexibility index (Phi) is 2.13. The molecule has 2 aliphatic rings. The van der Waals surface area contributed by atoms with Crippen molar-refractivity contribution in [2.24, 2.45) is 0 Å². The van der Waals surface area contributed by atoms with E-state index in [-0.39, 0.29) is 0 Å². The topological polar surface area (TPSA) is 92.7 Å². The van der Waals surface area contributed by atoms with Crippen molar-refractivity contribution in [3.63, 3.8) is 0 Å². The molecule has 1 aliphatic heterocycles. The summed E-state index contributed by atoms with van der Waals surface area (Å²) in [4.78, 5) is 11.2. The summed E-state index contributed by atoms with van der Waals surface area (Å²) in [5.74, 6) is -0.861. The van der Waals surface area contributed by atoms with Crippen LogP contribution in [0.25, 0.3) is 0 Å². The molecule has 0 unspecified atom stereocenters. The van der Waals surface area contributed by atoms with E-state index in [1.807, 2.05) is 0 Å². The third-order valence-electron chi connectivity index (χ3n) is 3.33. The van der Waals surface area contributed by atoms with Crippen molar-refractivity contribution in [2.45, 2.75) is 18.3 Å². The molecule has 2 N–H and O–H groups in total. The second kappa shape index (κ2) is 3.38. The minimum atomic E-state index is -3.48. The molecule has 0 atom stereocenters. The molecule has 18 heavy (non-hydrogen) atoms. The first-order valence-corrected chi connectivity index (χ1v) is 7.09. The van der Waals surface area contributed by atoms with Gasteiger partial charge < -0.3 is 9.84 Å². The van der Waals surface area contributed by atoms with Gasteiger partial charge in [-0.1, -0.05) is 6.07 Å². The Balaban J connectivity index is 2.04. The van der Waals surface area contributed by atoms with E-state index in [4.69, 9.17) is 4.74 Å². The van der Waals surface area contributed by atoms with Crippen LogP contribution in [0.15, 0.2) is 18.2 Å². The van der Waals surface area contributed by atoms with E-state index >= 15 is 0 Å². The lowest BCUT2D eigenvalue weighted by Gasteiger charge is -2.21. The van der Waals surface area contributed by atoms with Gasteiger partial charge in [0.15, 0.2) is 0 Å². The number of anilines is 1. The zero-order valence-electron chi connectivity index (χ0n) is 9.34. The molecule has 1 saturated carbocycles. The summed E-state index contributed by atoms with van der Waals surface area (Å²) >= 11 is 0. The molecule has 96 valence electrons. The Morgan fingerprint density at radius 3 is 2.72 bits per heavy atom. The molecule has 0 amide bonds. The summed E-state index contributed by atoms with van der Waals surface area (Å²) < 4.78 is 30.2. The van der Waals surface area contributed by atoms with Gasteiger partial charge in [0.25, 0.3) is 10.0 Å². The molecule has 0 aromatic heterocycles. The number of benzene rings is 1. The number of carboxylic acid groups (broad SMARTS) is 1. The molecule has 6 nitrogen and oxygen atoms in total. The molecule has 1 aliphatic carbocycles. The maximum absolute atomic E-state index is 11.4. The number of fused-ring (bicyclic) bond motifs is 1. The fourth-order valence-corrected chi connectivity index (χ4v) is 2.96. The number of carbonyl (C=O) groups is 1. The Bertz CT molecular complexity index is 633. The second-order valence-corrected chi connectivity index (χ2v) is 6.25. The van der Waals surface area contributed by atoms with Crippen LogP contribution in [0.2, 0.25) is 0 Å². The average molecular weight is 269 g/mol. The lowest BCUT2D eigenvalue weighted by molar-refractivity contribution is -0.140. The number of aliphatic carboxylic acids is 1. The van der Waals surface area contributed by atoms with Crippen molar-refractivity contribution in [2.75, 3.05) is 10.7 Å². The number of nitrogens with one attached hydrogen (secondary N) is 1. The average Bonchev–Trinajstić information content (AvgIpc) is 3.07. The summed E-state index contributed by atoms with van der Waals surface area (Å²) in [6.07, 6.45) is 1.16. The van der Waals surface area contributed by atoms with E-state index in [0.29, 0.717) is 29.8 Å². The molecular weight excluding hydrogens is 258 g/mol. The molecule has 0 radical (unpaired) electrons. The number of ether oxygens (including phenoxy) is 1. The van der Waals surface area contributed by atoms with Crippen LogP contribution in [0.1, 0.15) is 18.4 Å². The van der Waals surface area contributed by atoms with E-state index in [9.17, 15) is 18.3 Å². The Hall–Kier alpha value is -1.76. The van der Waals surface area contributed by atoms with Crippen molar-refractivity contribution in [3.05, 3.63) is 23.8 Å². The van der Waals surface area contributed by atoms with Gasteiger partial charge in [-0.05, 0) is 30.5 Å². The van der Waals surface area contributed by atoms with Gasteiger partial charge in [-0.2, -0.15) is 0 Å². The number of carboxylic acids is 1. The van der Waals surface area contributed by atoms with Crippen molar-refractivity contribution in [1.29, 1.82) is 0 Å². The second-order valence-electron chi connectivity index (χ2n) is 4.58. The van der Waals surface area contributed by atoms with Gasteiger partial charge in [0, 0.05) is 0 Å². The first-order valence-electron chi connectivity index (χ1n) is 5.44. The summed E-state index contributed by atoms with van der Waals surface area (Å²) in [6, 6.07) is 4.84. The lowest BCUT2D eigenvalue weighted by atomic mass is 9.95. The van der Waals surface area contributed by atoms with Crippen LogP contribution in [0.3, 0.4) is 0 Å².